The van der Waals surface area contributed by atoms with Gasteiger partial charge in [-0.25, -0.2) is 0 Å². The van der Waals surface area contributed by atoms with E-state index in [2.05, 4.69) is 22.5 Å². The normalized spacial score (nSPS) is 19.2. The predicted molar refractivity (Wildman–Crippen MR) is 81.6 cm³/mol. The molecule has 1 unspecified atom stereocenters. The molecule has 112 valence electrons. The standard InChI is InChI=1S/C15H31N3O/c1-13(9-10-14-7-5-4-6-8-14)18-15(16-2)17-11-12-19-3/h13-14H,4-12H2,1-3H3,(H2,16,17,18). The number of ether oxygens (including phenoxy) is 1. The lowest BCUT2D eigenvalue weighted by molar-refractivity contribution is 0.203. The molecule has 4 heteroatoms. The Bertz CT molecular complexity index is 250. The molecule has 1 rings (SSSR count). The van der Waals surface area contributed by atoms with Gasteiger partial charge in [-0.05, 0) is 25.7 Å². The molecular weight excluding hydrogens is 238 g/mol. The average Bonchev–Trinajstić information content (AvgIpc) is 2.45. The summed E-state index contributed by atoms with van der Waals surface area (Å²) in [5.41, 5.74) is 0. The summed E-state index contributed by atoms with van der Waals surface area (Å²) in [7, 11) is 3.53. The number of aliphatic imine (C=N–C) groups is 1. The van der Waals surface area contributed by atoms with Gasteiger partial charge in [0, 0.05) is 26.7 Å². The quantitative estimate of drug-likeness (QED) is 0.424. The number of nitrogens with one attached hydrogen (secondary N) is 2. The van der Waals surface area contributed by atoms with Gasteiger partial charge >= 0.3 is 0 Å². The molecule has 1 atom stereocenters. The molecule has 1 fully saturated rings. The molecule has 19 heavy (non-hydrogen) atoms. The maximum Gasteiger partial charge on any atom is 0.191 e. The molecule has 0 aromatic rings. The van der Waals surface area contributed by atoms with Gasteiger partial charge in [-0.15, -0.1) is 0 Å². The summed E-state index contributed by atoms with van der Waals surface area (Å²) in [6.45, 7) is 3.74. The van der Waals surface area contributed by atoms with Gasteiger partial charge in [0.05, 0.1) is 6.61 Å². The highest BCUT2D eigenvalue weighted by Crippen LogP contribution is 2.27. The first kappa shape index (κ1) is 16.3. The van der Waals surface area contributed by atoms with E-state index in [1.807, 2.05) is 7.05 Å². The Morgan fingerprint density at radius 2 is 2.05 bits per heavy atom. The SMILES string of the molecule is CN=C(NCCOC)NC(C)CCC1CCCCC1. The Morgan fingerprint density at radius 1 is 1.32 bits per heavy atom. The van der Waals surface area contributed by atoms with E-state index in [4.69, 9.17) is 4.74 Å². The molecular formula is C15H31N3O. The fourth-order valence-corrected chi connectivity index (χ4v) is 2.73. The highest BCUT2D eigenvalue weighted by Gasteiger charge is 2.14. The van der Waals surface area contributed by atoms with Crippen molar-refractivity contribution in [1.82, 2.24) is 10.6 Å². The lowest BCUT2D eigenvalue weighted by Crippen LogP contribution is -2.43. The van der Waals surface area contributed by atoms with Crippen LogP contribution < -0.4 is 10.6 Å². The van der Waals surface area contributed by atoms with Crippen molar-refractivity contribution in [2.24, 2.45) is 10.9 Å². The van der Waals surface area contributed by atoms with E-state index < -0.39 is 0 Å². The first-order chi connectivity index (χ1) is 9.26. The van der Waals surface area contributed by atoms with E-state index in [9.17, 15) is 0 Å². The highest BCUT2D eigenvalue weighted by molar-refractivity contribution is 5.79. The van der Waals surface area contributed by atoms with Crippen molar-refractivity contribution in [3.8, 4) is 0 Å². The van der Waals surface area contributed by atoms with E-state index >= 15 is 0 Å². The maximum absolute atomic E-state index is 5.02. The molecule has 0 heterocycles. The van der Waals surface area contributed by atoms with Crippen LogP contribution >= 0.6 is 0 Å². The summed E-state index contributed by atoms with van der Waals surface area (Å²) in [4.78, 5) is 4.23. The minimum absolute atomic E-state index is 0.482. The van der Waals surface area contributed by atoms with Gasteiger partial charge in [-0.2, -0.15) is 0 Å². The van der Waals surface area contributed by atoms with E-state index in [1.54, 1.807) is 7.11 Å². The van der Waals surface area contributed by atoms with Gasteiger partial charge in [0.15, 0.2) is 5.96 Å². The zero-order chi connectivity index (χ0) is 13.9. The Morgan fingerprint density at radius 3 is 2.68 bits per heavy atom. The van der Waals surface area contributed by atoms with Crippen molar-refractivity contribution < 1.29 is 4.74 Å². The summed E-state index contributed by atoms with van der Waals surface area (Å²) >= 11 is 0. The number of hydrogen-bond donors (Lipinski definition) is 2. The molecule has 1 saturated carbocycles. The van der Waals surface area contributed by atoms with Crippen LogP contribution in [-0.2, 0) is 4.74 Å². The van der Waals surface area contributed by atoms with Gasteiger partial charge in [0.2, 0.25) is 0 Å². The van der Waals surface area contributed by atoms with Crippen molar-refractivity contribution in [3.05, 3.63) is 0 Å². The van der Waals surface area contributed by atoms with Gasteiger partial charge in [-0.3, -0.25) is 4.99 Å². The lowest BCUT2D eigenvalue weighted by Gasteiger charge is -2.24. The van der Waals surface area contributed by atoms with Gasteiger partial charge in [0.1, 0.15) is 0 Å². The van der Waals surface area contributed by atoms with Crippen molar-refractivity contribution in [2.75, 3.05) is 27.3 Å². The predicted octanol–water partition coefficient (Wildman–Crippen LogP) is 2.55. The van der Waals surface area contributed by atoms with Gasteiger partial charge < -0.3 is 15.4 Å². The molecule has 2 N–H and O–H groups in total. The Balaban J connectivity index is 2.15. The Labute approximate surface area is 118 Å². The Kier molecular flexibility index (Phi) is 8.63. The number of guanidine groups is 1. The van der Waals surface area contributed by atoms with Crippen molar-refractivity contribution >= 4 is 5.96 Å². The minimum atomic E-state index is 0.482. The zero-order valence-electron chi connectivity index (χ0n) is 12.9. The first-order valence-corrected chi connectivity index (χ1v) is 7.72. The lowest BCUT2D eigenvalue weighted by atomic mass is 9.85. The molecule has 0 bridgehead atoms. The molecule has 0 amide bonds. The van der Waals surface area contributed by atoms with Gasteiger partial charge in [-0.1, -0.05) is 32.1 Å². The topological polar surface area (TPSA) is 45.7 Å². The van der Waals surface area contributed by atoms with E-state index in [-0.39, 0.29) is 0 Å². The second-order valence-electron chi connectivity index (χ2n) is 5.62. The van der Waals surface area contributed by atoms with Crippen LogP contribution in [0.3, 0.4) is 0 Å². The van der Waals surface area contributed by atoms with Crippen LogP contribution in [-0.4, -0.2) is 39.3 Å². The largest absolute Gasteiger partial charge is 0.383 e. The second-order valence-corrected chi connectivity index (χ2v) is 5.62. The van der Waals surface area contributed by atoms with Crippen LogP contribution in [0.25, 0.3) is 0 Å². The van der Waals surface area contributed by atoms with Crippen LogP contribution in [0.2, 0.25) is 0 Å². The Hall–Kier alpha value is -0.770. The van der Waals surface area contributed by atoms with Gasteiger partial charge in [0.25, 0.3) is 0 Å². The monoisotopic (exact) mass is 269 g/mol. The maximum atomic E-state index is 5.02. The molecule has 0 spiro atoms. The average molecular weight is 269 g/mol. The number of hydrogen-bond acceptors (Lipinski definition) is 2. The molecule has 4 nitrogen and oxygen atoms in total. The molecule has 0 aromatic carbocycles. The summed E-state index contributed by atoms with van der Waals surface area (Å²) < 4.78 is 5.02. The molecule has 0 radical (unpaired) electrons. The summed E-state index contributed by atoms with van der Waals surface area (Å²) in [6, 6.07) is 0.482. The van der Waals surface area contributed by atoms with E-state index in [1.165, 1.54) is 44.9 Å². The van der Waals surface area contributed by atoms with E-state index in [0.29, 0.717) is 12.6 Å². The minimum Gasteiger partial charge on any atom is -0.383 e. The fraction of sp³-hybridized carbons (Fsp3) is 0.933. The van der Waals surface area contributed by atoms with E-state index in [0.717, 1.165) is 18.4 Å². The number of methoxy groups -OCH3 is 1. The summed E-state index contributed by atoms with van der Waals surface area (Å²) in [5.74, 6) is 1.84. The third kappa shape index (κ3) is 7.41. The van der Waals surface area contributed by atoms with Crippen LogP contribution in [0.15, 0.2) is 4.99 Å². The fourth-order valence-electron chi connectivity index (χ4n) is 2.73. The van der Waals surface area contributed by atoms with Crippen molar-refractivity contribution in [2.45, 2.75) is 57.9 Å². The first-order valence-electron chi connectivity index (χ1n) is 7.72. The summed E-state index contributed by atoms with van der Waals surface area (Å²) in [6.07, 6.45) is 9.78. The van der Waals surface area contributed by atoms with Crippen molar-refractivity contribution in [3.63, 3.8) is 0 Å². The third-order valence-corrected chi connectivity index (χ3v) is 3.94. The second kappa shape index (κ2) is 10.1. The smallest absolute Gasteiger partial charge is 0.191 e. The van der Waals surface area contributed by atoms with Crippen LogP contribution in [0.1, 0.15) is 51.9 Å². The number of nitrogens with zero attached hydrogens (tertiary/aromatic N) is 1. The van der Waals surface area contributed by atoms with Crippen LogP contribution in [0, 0.1) is 5.92 Å². The third-order valence-electron chi connectivity index (χ3n) is 3.94. The molecule has 1 aliphatic carbocycles. The molecule has 0 aromatic heterocycles. The summed E-state index contributed by atoms with van der Waals surface area (Å²) in [5, 5.41) is 6.70. The van der Waals surface area contributed by atoms with Crippen LogP contribution in [0.4, 0.5) is 0 Å². The number of rotatable bonds is 7. The zero-order valence-corrected chi connectivity index (χ0v) is 12.9. The molecule has 0 saturated heterocycles. The van der Waals surface area contributed by atoms with Crippen LogP contribution in [0.5, 0.6) is 0 Å². The molecule has 1 aliphatic rings. The molecule has 0 aliphatic heterocycles. The highest BCUT2D eigenvalue weighted by atomic mass is 16.5. The van der Waals surface area contributed by atoms with Crippen molar-refractivity contribution in [1.29, 1.82) is 0 Å².